The van der Waals surface area contributed by atoms with E-state index in [1.165, 1.54) is 4.90 Å². The molecule has 3 aromatic rings. The molecule has 1 fully saturated rings. The Morgan fingerprint density at radius 3 is 2.52 bits per heavy atom. The van der Waals surface area contributed by atoms with Crippen molar-refractivity contribution in [2.75, 3.05) is 6.61 Å². The van der Waals surface area contributed by atoms with Crippen molar-refractivity contribution in [2.45, 2.75) is 27.3 Å². The third-order valence-electron chi connectivity index (χ3n) is 5.53. The monoisotopic (exact) mass is 443 g/mol. The van der Waals surface area contributed by atoms with Gasteiger partial charge in [-0.3, -0.25) is 9.69 Å². The third-order valence-corrected chi connectivity index (χ3v) is 5.53. The van der Waals surface area contributed by atoms with Gasteiger partial charge in [0.1, 0.15) is 5.70 Å². The van der Waals surface area contributed by atoms with E-state index in [2.05, 4.69) is 5.32 Å². The van der Waals surface area contributed by atoms with Crippen molar-refractivity contribution in [3.63, 3.8) is 0 Å². The van der Waals surface area contributed by atoms with Crippen molar-refractivity contribution in [1.29, 1.82) is 0 Å². The van der Waals surface area contributed by atoms with E-state index < -0.39 is 6.03 Å². The van der Waals surface area contributed by atoms with Gasteiger partial charge >= 0.3 is 12.0 Å². The Morgan fingerprint density at radius 1 is 1.03 bits per heavy atom. The zero-order valence-electron chi connectivity index (χ0n) is 18.8. The van der Waals surface area contributed by atoms with Gasteiger partial charge in [0.05, 0.1) is 18.7 Å². The normalized spacial score (nSPS) is 14.6. The molecule has 0 aliphatic carbocycles. The number of benzene rings is 2. The van der Waals surface area contributed by atoms with Gasteiger partial charge < -0.3 is 14.6 Å². The molecule has 0 saturated carbocycles. The molecular weight excluding hydrogens is 418 g/mol. The Balaban J connectivity index is 1.62. The number of esters is 1. The molecule has 33 heavy (non-hydrogen) atoms. The first kappa shape index (κ1) is 22.1. The number of ether oxygens (including phenoxy) is 1. The summed E-state index contributed by atoms with van der Waals surface area (Å²) in [4.78, 5) is 38.7. The predicted octanol–water partition coefficient (Wildman–Crippen LogP) is 4.36. The number of nitrogens with one attached hydrogen (secondary N) is 1. The number of rotatable bonds is 6. The first-order valence-electron chi connectivity index (χ1n) is 10.7. The van der Waals surface area contributed by atoms with Crippen molar-refractivity contribution in [3.8, 4) is 5.69 Å². The van der Waals surface area contributed by atoms with Crippen LogP contribution in [0, 0.1) is 13.8 Å². The second-order valence-corrected chi connectivity index (χ2v) is 7.80. The van der Waals surface area contributed by atoms with Crippen molar-refractivity contribution >= 4 is 24.0 Å². The minimum atomic E-state index is -0.439. The number of hydrogen-bond donors (Lipinski definition) is 1. The van der Waals surface area contributed by atoms with Crippen molar-refractivity contribution in [2.24, 2.45) is 0 Å². The maximum Gasteiger partial charge on any atom is 0.338 e. The molecule has 168 valence electrons. The largest absolute Gasteiger partial charge is 0.462 e. The molecule has 1 aliphatic heterocycles. The fourth-order valence-electron chi connectivity index (χ4n) is 3.95. The highest BCUT2D eigenvalue weighted by molar-refractivity contribution is 6.14. The van der Waals surface area contributed by atoms with Gasteiger partial charge in [-0.1, -0.05) is 36.4 Å². The number of hydrogen-bond acceptors (Lipinski definition) is 4. The highest BCUT2D eigenvalue weighted by Gasteiger charge is 2.33. The van der Waals surface area contributed by atoms with Crippen LogP contribution in [0.3, 0.4) is 0 Å². The highest BCUT2D eigenvalue weighted by Crippen LogP contribution is 2.25. The highest BCUT2D eigenvalue weighted by atomic mass is 16.5. The standard InChI is InChI=1S/C26H25N3O4/c1-4-33-25(31)20-11-8-12-22(14-20)29-17(2)13-21(18(29)3)15-23-24(30)28(26(32)27-23)16-19-9-6-5-7-10-19/h5-15H,4,16H2,1-3H3,(H,27,32)/b23-15+. The number of amides is 3. The molecule has 0 spiro atoms. The van der Waals surface area contributed by atoms with Crippen molar-refractivity contribution in [1.82, 2.24) is 14.8 Å². The first-order valence-corrected chi connectivity index (χ1v) is 10.7. The summed E-state index contributed by atoms with van der Waals surface area (Å²) < 4.78 is 7.11. The molecule has 0 unspecified atom stereocenters. The molecule has 7 nitrogen and oxygen atoms in total. The molecule has 0 atom stereocenters. The van der Waals surface area contributed by atoms with E-state index >= 15 is 0 Å². The molecule has 2 aromatic carbocycles. The summed E-state index contributed by atoms with van der Waals surface area (Å²) in [5.74, 6) is -0.736. The van der Waals surface area contributed by atoms with Crippen LogP contribution in [0.4, 0.5) is 4.79 Å². The van der Waals surface area contributed by atoms with Gasteiger partial charge in [-0.2, -0.15) is 0 Å². The van der Waals surface area contributed by atoms with Crippen LogP contribution >= 0.6 is 0 Å². The number of imide groups is 1. The van der Waals surface area contributed by atoms with Gasteiger partial charge in [0.2, 0.25) is 0 Å². The quantitative estimate of drug-likeness (QED) is 0.349. The Labute approximate surface area is 192 Å². The average Bonchev–Trinajstić information content (AvgIpc) is 3.24. The molecule has 4 rings (SSSR count). The van der Waals surface area contributed by atoms with Crippen LogP contribution in [0.2, 0.25) is 0 Å². The number of nitrogens with zero attached hydrogens (tertiary/aromatic N) is 2. The maximum absolute atomic E-state index is 12.9. The van der Waals surface area contributed by atoms with Gasteiger partial charge in [0.15, 0.2) is 0 Å². The van der Waals surface area contributed by atoms with E-state index in [1.807, 2.05) is 60.9 Å². The Bertz CT molecular complexity index is 1260. The van der Waals surface area contributed by atoms with Gasteiger partial charge in [-0.15, -0.1) is 0 Å². The Morgan fingerprint density at radius 2 is 1.79 bits per heavy atom. The Kier molecular flexibility index (Phi) is 6.13. The van der Waals surface area contributed by atoms with E-state index in [0.29, 0.717) is 12.2 Å². The fraction of sp³-hybridized carbons (Fsp3) is 0.192. The molecule has 2 heterocycles. The molecule has 0 radical (unpaired) electrons. The fourth-order valence-corrected chi connectivity index (χ4v) is 3.95. The zero-order chi connectivity index (χ0) is 23.5. The topological polar surface area (TPSA) is 80.6 Å². The summed E-state index contributed by atoms with van der Waals surface area (Å²) in [6, 6.07) is 18.1. The van der Waals surface area contributed by atoms with Gasteiger partial charge in [-0.05, 0) is 62.2 Å². The van der Waals surface area contributed by atoms with Crippen LogP contribution in [0.1, 0.15) is 39.8 Å². The van der Waals surface area contributed by atoms with E-state index in [-0.39, 0.29) is 24.1 Å². The summed E-state index contributed by atoms with van der Waals surface area (Å²) in [6.07, 6.45) is 1.69. The second kappa shape index (κ2) is 9.16. The molecule has 1 aromatic heterocycles. The maximum atomic E-state index is 12.9. The lowest BCUT2D eigenvalue weighted by Crippen LogP contribution is -2.30. The summed E-state index contributed by atoms with van der Waals surface area (Å²) >= 11 is 0. The SMILES string of the molecule is CCOC(=O)c1cccc(-n2c(C)cc(/C=C3/NC(=O)N(Cc4ccccc4)C3=O)c2C)c1. The smallest absolute Gasteiger partial charge is 0.338 e. The number of carbonyl (C=O) groups is 3. The lowest BCUT2D eigenvalue weighted by molar-refractivity contribution is -0.123. The molecule has 7 heteroatoms. The summed E-state index contributed by atoms with van der Waals surface area (Å²) in [5.41, 5.74) is 5.00. The van der Waals surface area contributed by atoms with Crippen LogP contribution < -0.4 is 5.32 Å². The molecular formula is C26H25N3O4. The van der Waals surface area contributed by atoms with Crippen LogP contribution in [0.15, 0.2) is 66.4 Å². The minimum Gasteiger partial charge on any atom is -0.462 e. The predicted molar refractivity (Wildman–Crippen MR) is 125 cm³/mol. The van der Waals surface area contributed by atoms with E-state index in [1.54, 1.807) is 31.2 Å². The van der Waals surface area contributed by atoms with Crippen LogP contribution in [0.5, 0.6) is 0 Å². The van der Waals surface area contributed by atoms with Crippen LogP contribution in [-0.4, -0.2) is 34.0 Å². The van der Waals surface area contributed by atoms with E-state index in [0.717, 1.165) is 28.2 Å². The zero-order valence-corrected chi connectivity index (χ0v) is 18.8. The van der Waals surface area contributed by atoms with Gasteiger partial charge in [0.25, 0.3) is 5.91 Å². The third kappa shape index (κ3) is 4.43. The molecule has 1 saturated heterocycles. The number of aryl methyl sites for hydroxylation is 1. The van der Waals surface area contributed by atoms with Crippen molar-refractivity contribution < 1.29 is 19.1 Å². The molecule has 3 amide bonds. The summed E-state index contributed by atoms with van der Waals surface area (Å²) in [5, 5.41) is 2.68. The number of carbonyl (C=O) groups excluding carboxylic acids is 3. The minimum absolute atomic E-state index is 0.211. The van der Waals surface area contributed by atoms with Gasteiger partial charge in [-0.25, -0.2) is 9.59 Å². The first-order chi connectivity index (χ1) is 15.9. The summed E-state index contributed by atoms with van der Waals surface area (Å²) in [6.45, 7) is 6.17. The van der Waals surface area contributed by atoms with E-state index in [4.69, 9.17) is 4.74 Å². The molecule has 1 aliphatic rings. The number of aromatic nitrogens is 1. The summed E-state index contributed by atoms with van der Waals surface area (Å²) in [7, 11) is 0. The van der Waals surface area contributed by atoms with E-state index in [9.17, 15) is 14.4 Å². The average molecular weight is 444 g/mol. The molecule has 1 N–H and O–H groups in total. The number of urea groups is 1. The Hall–Kier alpha value is -4.13. The lowest BCUT2D eigenvalue weighted by Gasteiger charge is -2.11. The molecule has 0 bridgehead atoms. The van der Waals surface area contributed by atoms with Crippen LogP contribution in [0.25, 0.3) is 11.8 Å². The van der Waals surface area contributed by atoms with Crippen LogP contribution in [-0.2, 0) is 16.1 Å². The van der Waals surface area contributed by atoms with Crippen molar-refractivity contribution in [3.05, 3.63) is 94.4 Å². The second-order valence-electron chi connectivity index (χ2n) is 7.80. The van der Waals surface area contributed by atoms with Gasteiger partial charge in [0, 0.05) is 17.1 Å². The lowest BCUT2D eigenvalue weighted by atomic mass is 10.2.